The first-order valence-corrected chi connectivity index (χ1v) is 9.21. The molecule has 0 aliphatic carbocycles. The average molecular weight is 346 g/mol. The van der Waals surface area contributed by atoms with Crippen molar-refractivity contribution in [3.8, 4) is 0 Å². The average Bonchev–Trinajstić information content (AvgIpc) is 2.93. The van der Waals surface area contributed by atoms with Crippen LogP contribution in [-0.2, 0) is 11.3 Å². The smallest absolute Gasteiger partial charge is 0.315 e. The number of nitrogens with one attached hydrogen (secondary N) is 2. The van der Waals surface area contributed by atoms with Gasteiger partial charge in [0.25, 0.3) is 0 Å². The van der Waals surface area contributed by atoms with Crippen molar-refractivity contribution in [3.05, 3.63) is 35.9 Å². The molecule has 6 nitrogen and oxygen atoms in total. The van der Waals surface area contributed by atoms with Crippen LogP contribution >= 0.6 is 0 Å². The van der Waals surface area contributed by atoms with Gasteiger partial charge in [0, 0.05) is 45.3 Å². The van der Waals surface area contributed by atoms with Crippen molar-refractivity contribution >= 4 is 6.03 Å². The molecule has 0 aromatic heterocycles. The third kappa shape index (κ3) is 5.42. The topological polar surface area (TPSA) is 56.8 Å². The highest BCUT2D eigenvalue weighted by molar-refractivity contribution is 5.74. The largest absolute Gasteiger partial charge is 0.374 e. The molecule has 6 heteroatoms. The molecule has 3 rings (SSSR count). The molecule has 2 amide bonds. The van der Waals surface area contributed by atoms with Gasteiger partial charge in [-0.3, -0.25) is 4.90 Å². The third-order valence-corrected chi connectivity index (χ3v) is 5.09. The summed E-state index contributed by atoms with van der Waals surface area (Å²) in [6.45, 7) is 8.17. The van der Waals surface area contributed by atoms with Crippen LogP contribution in [0, 0.1) is 5.92 Å². The van der Waals surface area contributed by atoms with Crippen LogP contribution in [0.3, 0.4) is 0 Å². The van der Waals surface area contributed by atoms with E-state index in [1.165, 1.54) is 5.56 Å². The number of likely N-dealkylation sites (tertiary alicyclic amines) is 1. The van der Waals surface area contributed by atoms with Gasteiger partial charge in [-0.15, -0.1) is 0 Å². The lowest BCUT2D eigenvalue weighted by Gasteiger charge is -2.30. The molecular formula is C19H30N4O2. The molecule has 0 saturated carbocycles. The Balaban J connectivity index is 1.40. The van der Waals surface area contributed by atoms with E-state index in [0.29, 0.717) is 12.5 Å². The van der Waals surface area contributed by atoms with Gasteiger partial charge in [-0.25, -0.2) is 4.79 Å². The maximum atomic E-state index is 12.2. The van der Waals surface area contributed by atoms with Gasteiger partial charge in [0.2, 0.25) is 0 Å². The number of carbonyl (C=O) groups excluding carboxylic acids is 1. The van der Waals surface area contributed by atoms with Crippen LogP contribution in [-0.4, -0.2) is 74.4 Å². The Kier molecular flexibility index (Phi) is 6.29. The van der Waals surface area contributed by atoms with Crippen LogP contribution in [0.15, 0.2) is 30.3 Å². The van der Waals surface area contributed by atoms with E-state index in [2.05, 4.69) is 58.7 Å². The number of urea groups is 1. The van der Waals surface area contributed by atoms with E-state index in [-0.39, 0.29) is 18.2 Å². The first kappa shape index (κ1) is 18.2. The molecule has 0 spiro atoms. The number of nitrogens with zero attached hydrogens (tertiary/aromatic N) is 2. The van der Waals surface area contributed by atoms with Crippen molar-refractivity contribution < 1.29 is 9.53 Å². The molecule has 2 N–H and O–H groups in total. The normalized spacial score (nSPS) is 28.0. The second kappa shape index (κ2) is 8.65. The number of hydrogen-bond acceptors (Lipinski definition) is 4. The standard InChI is InChI=1S/C19H30N4O2/c1-15-11-23(12-16-6-4-3-5-7-16)14-18(15)21-19(24)20-10-17-13-22(2)8-9-25-17/h3-7,15,17-18H,8-14H2,1-2H3,(H2,20,21,24)/t15-,17-,18-/m1/s1. The summed E-state index contributed by atoms with van der Waals surface area (Å²) in [4.78, 5) is 16.9. The summed E-state index contributed by atoms with van der Waals surface area (Å²) in [5.74, 6) is 0.450. The molecule has 2 aliphatic rings. The van der Waals surface area contributed by atoms with Crippen molar-refractivity contribution in [2.24, 2.45) is 5.92 Å². The Morgan fingerprint density at radius 3 is 2.80 bits per heavy atom. The molecule has 2 heterocycles. The maximum absolute atomic E-state index is 12.2. The Morgan fingerprint density at radius 1 is 1.24 bits per heavy atom. The zero-order chi connectivity index (χ0) is 17.6. The van der Waals surface area contributed by atoms with Gasteiger partial charge in [0.1, 0.15) is 0 Å². The highest BCUT2D eigenvalue weighted by Gasteiger charge is 2.30. The highest BCUT2D eigenvalue weighted by atomic mass is 16.5. The molecule has 1 aromatic carbocycles. The van der Waals surface area contributed by atoms with Crippen molar-refractivity contribution in [2.75, 3.05) is 46.4 Å². The number of ether oxygens (including phenoxy) is 1. The second-order valence-electron chi connectivity index (χ2n) is 7.37. The van der Waals surface area contributed by atoms with Crippen LogP contribution in [0.1, 0.15) is 12.5 Å². The summed E-state index contributed by atoms with van der Waals surface area (Å²) >= 11 is 0. The molecule has 2 fully saturated rings. The lowest BCUT2D eigenvalue weighted by Crippen LogP contribution is -2.50. The van der Waals surface area contributed by atoms with E-state index in [0.717, 1.165) is 39.3 Å². The number of benzene rings is 1. The lowest BCUT2D eigenvalue weighted by molar-refractivity contribution is -0.0168. The van der Waals surface area contributed by atoms with Crippen molar-refractivity contribution in [2.45, 2.75) is 25.6 Å². The van der Waals surface area contributed by atoms with Crippen LogP contribution in [0.2, 0.25) is 0 Å². The van der Waals surface area contributed by atoms with Gasteiger partial charge in [0.15, 0.2) is 0 Å². The second-order valence-corrected chi connectivity index (χ2v) is 7.37. The van der Waals surface area contributed by atoms with Gasteiger partial charge in [-0.2, -0.15) is 0 Å². The number of rotatable bonds is 5. The summed E-state index contributed by atoms with van der Waals surface area (Å²) < 4.78 is 5.68. The van der Waals surface area contributed by atoms with Crippen LogP contribution in [0.5, 0.6) is 0 Å². The Labute approximate surface area is 150 Å². The van der Waals surface area contributed by atoms with E-state index in [1.807, 2.05) is 6.07 Å². The Hall–Kier alpha value is -1.63. The van der Waals surface area contributed by atoms with Crippen molar-refractivity contribution in [3.63, 3.8) is 0 Å². The number of likely N-dealkylation sites (N-methyl/N-ethyl adjacent to an activating group) is 1. The van der Waals surface area contributed by atoms with Crippen molar-refractivity contribution in [1.82, 2.24) is 20.4 Å². The highest BCUT2D eigenvalue weighted by Crippen LogP contribution is 2.18. The van der Waals surface area contributed by atoms with Crippen LogP contribution in [0.25, 0.3) is 0 Å². The summed E-state index contributed by atoms with van der Waals surface area (Å²) in [7, 11) is 2.08. The molecule has 3 atom stereocenters. The van der Waals surface area contributed by atoms with E-state index >= 15 is 0 Å². The minimum absolute atomic E-state index is 0.0834. The minimum Gasteiger partial charge on any atom is -0.374 e. The Morgan fingerprint density at radius 2 is 2.04 bits per heavy atom. The van der Waals surface area contributed by atoms with Gasteiger partial charge in [0.05, 0.1) is 12.7 Å². The zero-order valence-corrected chi connectivity index (χ0v) is 15.3. The van der Waals surface area contributed by atoms with Gasteiger partial charge >= 0.3 is 6.03 Å². The molecule has 25 heavy (non-hydrogen) atoms. The summed E-state index contributed by atoms with van der Waals surface area (Å²) in [5.41, 5.74) is 1.32. The first-order chi connectivity index (χ1) is 12.1. The van der Waals surface area contributed by atoms with E-state index in [1.54, 1.807) is 0 Å². The molecule has 2 saturated heterocycles. The van der Waals surface area contributed by atoms with E-state index in [4.69, 9.17) is 4.74 Å². The monoisotopic (exact) mass is 346 g/mol. The third-order valence-electron chi connectivity index (χ3n) is 5.09. The van der Waals surface area contributed by atoms with E-state index in [9.17, 15) is 4.79 Å². The van der Waals surface area contributed by atoms with Gasteiger partial charge in [-0.1, -0.05) is 37.3 Å². The lowest BCUT2D eigenvalue weighted by atomic mass is 10.1. The van der Waals surface area contributed by atoms with Gasteiger partial charge in [-0.05, 0) is 18.5 Å². The van der Waals surface area contributed by atoms with Crippen LogP contribution < -0.4 is 10.6 Å². The number of hydrogen-bond donors (Lipinski definition) is 2. The molecule has 0 unspecified atom stereocenters. The van der Waals surface area contributed by atoms with Gasteiger partial charge < -0.3 is 20.3 Å². The number of amides is 2. The van der Waals surface area contributed by atoms with Crippen LogP contribution in [0.4, 0.5) is 4.79 Å². The fraction of sp³-hybridized carbons (Fsp3) is 0.632. The number of carbonyl (C=O) groups is 1. The van der Waals surface area contributed by atoms with Crippen molar-refractivity contribution in [1.29, 1.82) is 0 Å². The molecular weight excluding hydrogens is 316 g/mol. The molecule has 1 aromatic rings. The first-order valence-electron chi connectivity index (χ1n) is 9.21. The summed E-state index contributed by atoms with van der Waals surface area (Å²) in [6, 6.07) is 10.6. The molecule has 138 valence electrons. The number of morpholine rings is 1. The fourth-order valence-electron chi connectivity index (χ4n) is 3.64. The molecule has 0 radical (unpaired) electrons. The minimum atomic E-state index is -0.0877. The quantitative estimate of drug-likeness (QED) is 0.839. The summed E-state index contributed by atoms with van der Waals surface area (Å²) in [5, 5.41) is 6.10. The summed E-state index contributed by atoms with van der Waals surface area (Å²) in [6.07, 6.45) is 0.0834. The SMILES string of the molecule is C[C@@H]1CN(Cc2ccccc2)C[C@H]1NC(=O)NC[C@@H]1CN(C)CCO1. The predicted molar refractivity (Wildman–Crippen MR) is 98.4 cm³/mol. The zero-order valence-electron chi connectivity index (χ0n) is 15.3. The molecule has 0 bridgehead atoms. The maximum Gasteiger partial charge on any atom is 0.315 e. The fourth-order valence-corrected chi connectivity index (χ4v) is 3.64. The Bertz CT molecular complexity index is 554. The predicted octanol–water partition coefficient (Wildman–Crippen LogP) is 1.14. The van der Waals surface area contributed by atoms with E-state index < -0.39 is 0 Å². The molecule has 2 aliphatic heterocycles.